The van der Waals surface area contributed by atoms with E-state index in [0.29, 0.717) is 25.6 Å². The second kappa shape index (κ2) is 5.52. The van der Waals surface area contributed by atoms with E-state index >= 15 is 0 Å². The van der Waals surface area contributed by atoms with Gasteiger partial charge in [-0.2, -0.15) is 0 Å². The Bertz CT molecular complexity index is 405. The third-order valence-corrected chi connectivity index (χ3v) is 4.01. The number of carbonyl (C=O) groups is 2. The largest absolute Gasteiger partial charge is 0.481 e. The van der Waals surface area contributed by atoms with Gasteiger partial charge in [0.1, 0.15) is 0 Å². The highest BCUT2D eigenvalue weighted by Gasteiger charge is 2.39. The van der Waals surface area contributed by atoms with E-state index in [2.05, 4.69) is 5.92 Å². The van der Waals surface area contributed by atoms with Gasteiger partial charge in [0.05, 0.1) is 12.5 Å². The fourth-order valence-electron chi connectivity index (χ4n) is 2.32. The van der Waals surface area contributed by atoms with Crippen molar-refractivity contribution in [2.24, 2.45) is 17.8 Å². The maximum Gasteiger partial charge on any atom is 0.320 e. The minimum atomic E-state index is -0.796. The molecule has 0 aromatic rings. The van der Waals surface area contributed by atoms with Gasteiger partial charge in [0.2, 0.25) is 0 Å². The number of carboxylic acid groups (broad SMARTS) is 1. The van der Waals surface area contributed by atoms with Crippen LogP contribution in [0, 0.1) is 30.1 Å². The number of urea groups is 1. The number of aliphatic carboxylic acids is 1. The lowest BCUT2D eigenvalue weighted by molar-refractivity contribution is -0.144. The Balaban J connectivity index is 1.83. The van der Waals surface area contributed by atoms with Crippen LogP contribution in [0.3, 0.4) is 0 Å². The van der Waals surface area contributed by atoms with Crippen LogP contribution in [-0.2, 0) is 4.79 Å². The summed E-state index contributed by atoms with van der Waals surface area (Å²) in [4.78, 5) is 26.5. The topological polar surface area (TPSA) is 60.9 Å². The van der Waals surface area contributed by atoms with E-state index in [0.717, 1.165) is 6.54 Å². The van der Waals surface area contributed by atoms with Crippen LogP contribution in [0.4, 0.5) is 4.79 Å². The fourth-order valence-corrected chi connectivity index (χ4v) is 2.32. The predicted molar refractivity (Wildman–Crippen MR) is 70.4 cm³/mol. The molecule has 1 aliphatic heterocycles. The lowest BCUT2D eigenvalue weighted by atomic mass is 9.87. The molecular formula is C14H20N2O3. The third kappa shape index (κ3) is 3.19. The standard InChI is InChI=1S/C14H20N2O3/c1-3-6-15(7-11-4-5-11)14(19)16-8-12(9-16)10(2)13(17)18/h1,10-12H,4-9H2,2H3,(H,17,18). The molecule has 1 atom stereocenters. The Morgan fingerprint density at radius 1 is 1.47 bits per heavy atom. The number of carboxylic acids is 1. The van der Waals surface area contributed by atoms with Crippen LogP contribution in [0.1, 0.15) is 19.8 Å². The van der Waals surface area contributed by atoms with Gasteiger partial charge < -0.3 is 14.9 Å². The van der Waals surface area contributed by atoms with E-state index in [9.17, 15) is 9.59 Å². The zero-order chi connectivity index (χ0) is 14.0. The molecule has 104 valence electrons. The maximum atomic E-state index is 12.2. The molecule has 0 radical (unpaired) electrons. The van der Waals surface area contributed by atoms with Crippen LogP contribution >= 0.6 is 0 Å². The molecule has 19 heavy (non-hydrogen) atoms. The van der Waals surface area contributed by atoms with E-state index in [1.807, 2.05) is 0 Å². The SMILES string of the molecule is C#CCN(CC1CC1)C(=O)N1CC(C(C)C(=O)O)C1. The van der Waals surface area contributed by atoms with Gasteiger partial charge >= 0.3 is 12.0 Å². The molecule has 1 saturated heterocycles. The lowest BCUT2D eigenvalue weighted by Gasteiger charge is -2.43. The first-order chi connectivity index (χ1) is 9.02. The van der Waals surface area contributed by atoms with E-state index < -0.39 is 11.9 Å². The van der Waals surface area contributed by atoms with Crippen LogP contribution < -0.4 is 0 Å². The molecule has 1 aliphatic carbocycles. The van der Waals surface area contributed by atoms with Crippen molar-refractivity contribution in [3.8, 4) is 12.3 Å². The minimum absolute atomic E-state index is 0.0429. The highest BCUT2D eigenvalue weighted by molar-refractivity contribution is 5.76. The van der Waals surface area contributed by atoms with Gasteiger partial charge in [-0.25, -0.2) is 4.79 Å². The smallest absolute Gasteiger partial charge is 0.320 e. The Labute approximate surface area is 113 Å². The zero-order valence-electron chi connectivity index (χ0n) is 11.2. The molecule has 0 aromatic heterocycles. The Hall–Kier alpha value is -1.70. The summed E-state index contributed by atoms with van der Waals surface area (Å²) >= 11 is 0. The first-order valence-corrected chi connectivity index (χ1v) is 6.73. The van der Waals surface area contributed by atoms with Gasteiger partial charge in [-0.1, -0.05) is 12.8 Å². The van der Waals surface area contributed by atoms with Crippen molar-refractivity contribution < 1.29 is 14.7 Å². The highest BCUT2D eigenvalue weighted by Crippen LogP contribution is 2.31. The van der Waals surface area contributed by atoms with Gasteiger partial charge in [-0.15, -0.1) is 6.42 Å². The van der Waals surface area contributed by atoms with Crippen molar-refractivity contribution in [2.45, 2.75) is 19.8 Å². The second-order valence-corrected chi connectivity index (χ2v) is 5.60. The van der Waals surface area contributed by atoms with Crippen LogP contribution in [0.2, 0.25) is 0 Å². The Kier molecular flexibility index (Phi) is 3.98. The monoisotopic (exact) mass is 264 g/mol. The van der Waals surface area contributed by atoms with Crippen molar-refractivity contribution in [3.05, 3.63) is 0 Å². The molecule has 2 aliphatic rings. The molecule has 1 heterocycles. The molecular weight excluding hydrogens is 244 g/mol. The lowest BCUT2D eigenvalue weighted by Crippen LogP contribution is -2.57. The average molecular weight is 264 g/mol. The van der Waals surface area contributed by atoms with Crippen LogP contribution in [0.5, 0.6) is 0 Å². The second-order valence-electron chi connectivity index (χ2n) is 5.60. The third-order valence-electron chi connectivity index (χ3n) is 4.01. The summed E-state index contributed by atoms with van der Waals surface area (Å²) in [6, 6.07) is -0.0429. The molecule has 1 unspecified atom stereocenters. The van der Waals surface area contributed by atoms with Gasteiger partial charge in [-0.05, 0) is 18.8 Å². The van der Waals surface area contributed by atoms with E-state index in [4.69, 9.17) is 11.5 Å². The van der Waals surface area contributed by atoms with E-state index in [1.54, 1.807) is 16.7 Å². The molecule has 1 saturated carbocycles. The number of amides is 2. The van der Waals surface area contributed by atoms with Crippen LogP contribution in [0.25, 0.3) is 0 Å². The van der Waals surface area contributed by atoms with Gasteiger partial charge in [0, 0.05) is 25.6 Å². The summed E-state index contributed by atoms with van der Waals surface area (Å²) in [5.41, 5.74) is 0. The number of carbonyl (C=O) groups excluding carboxylic acids is 1. The summed E-state index contributed by atoms with van der Waals surface area (Å²) in [6.45, 7) is 3.82. The molecule has 2 rings (SSSR count). The summed E-state index contributed by atoms with van der Waals surface area (Å²) in [5.74, 6) is 2.00. The number of hydrogen-bond acceptors (Lipinski definition) is 2. The number of terminal acetylenes is 1. The van der Waals surface area contributed by atoms with Crippen molar-refractivity contribution in [1.29, 1.82) is 0 Å². The molecule has 0 aromatic carbocycles. The van der Waals surface area contributed by atoms with Crippen LogP contribution in [0.15, 0.2) is 0 Å². The summed E-state index contributed by atoms with van der Waals surface area (Å²) in [5, 5.41) is 8.92. The molecule has 5 heteroatoms. The first-order valence-electron chi connectivity index (χ1n) is 6.73. The number of nitrogens with zero attached hydrogens (tertiary/aromatic N) is 2. The van der Waals surface area contributed by atoms with Crippen molar-refractivity contribution in [3.63, 3.8) is 0 Å². The fraction of sp³-hybridized carbons (Fsp3) is 0.714. The Morgan fingerprint density at radius 2 is 2.11 bits per heavy atom. The quantitative estimate of drug-likeness (QED) is 0.757. The normalized spacial score (nSPS) is 20.3. The van der Waals surface area contributed by atoms with Crippen LogP contribution in [-0.4, -0.2) is 53.1 Å². The van der Waals surface area contributed by atoms with E-state index in [1.165, 1.54) is 12.8 Å². The number of likely N-dealkylation sites (tertiary alicyclic amines) is 1. The maximum absolute atomic E-state index is 12.2. The first kappa shape index (κ1) is 13.7. The van der Waals surface area contributed by atoms with Crippen molar-refractivity contribution in [2.75, 3.05) is 26.2 Å². The average Bonchev–Trinajstić information content (AvgIpc) is 3.09. The number of hydrogen-bond donors (Lipinski definition) is 1. The van der Waals surface area contributed by atoms with E-state index in [-0.39, 0.29) is 11.9 Å². The highest BCUT2D eigenvalue weighted by atomic mass is 16.4. The Morgan fingerprint density at radius 3 is 2.58 bits per heavy atom. The molecule has 2 fully saturated rings. The summed E-state index contributed by atoms with van der Waals surface area (Å²) in [7, 11) is 0. The molecule has 0 spiro atoms. The molecule has 5 nitrogen and oxygen atoms in total. The van der Waals surface area contributed by atoms with Gasteiger partial charge in [-0.3, -0.25) is 4.79 Å². The molecule has 1 N–H and O–H groups in total. The zero-order valence-corrected chi connectivity index (χ0v) is 11.2. The molecule has 0 bridgehead atoms. The predicted octanol–water partition coefficient (Wildman–Crippen LogP) is 1.10. The van der Waals surface area contributed by atoms with Crippen molar-refractivity contribution >= 4 is 12.0 Å². The molecule has 2 amide bonds. The van der Waals surface area contributed by atoms with Crippen molar-refractivity contribution in [1.82, 2.24) is 9.80 Å². The minimum Gasteiger partial charge on any atom is -0.481 e. The summed E-state index contributed by atoms with van der Waals surface area (Å²) in [6.07, 6.45) is 7.65. The number of rotatable bonds is 5. The summed E-state index contributed by atoms with van der Waals surface area (Å²) < 4.78 is 0. The van der Waals surface area contributed by atoms with Gasteiger partial charge in [0.25, 0.3) is 0 Å². The van der Waals surface area contributed by atoms with Gasteiger partial charge in [0.15, 0.2) is 0 Å².